The molecule has 1 aliphatic rings. The van der Waals surface area contributed by atoms with E-state index in [0.29, 0.717) is 12.6 Å². The van der Waals surface area contributed by atoms with Crippen molar-refractivity contribution in [3.63, 3.8) is 0 Å². The summed E-state index contributed by atoms with van der Waals surface area (Å²) in [5, 5.41) is 10.8. The minimum absolute atomic E-state index is 0.0973. The van der Waals surface area contributed by atoms with E-state index in [2.05, 4.69) is 22.4 Å². The number of likely N-dealkylation sites (N-methyl/N-ethyl adjacent to an activating group) is 1. The van der Waals surface area contributed by atoms with Gasteiger partial charge >= 0.3 is 0 Å². The smallest absolute Gasteiger partial charge is 0.278 e. The average Bonchev–Trinajstić information content (AvgIpc) is 2.46. The Morgan fingerprint density at radius 2 is 2.40 bits per heavy atom. The number of hydrogen-bond donors (Lipinski definition) is 2. The largest absolute Gasteiger partial charge is 0.476 e. The summed E-state index contributed by atoms with van der Waals surface area (Å²) in [7, 11) is 2.06. The Kier molecular flexibility index (Phi) is 4.70. The molecule has 2 heterocycles. The molecule has 0 radical (unpaired) electrons. The van der Waals surface area contributed by atoms with Gasteiger partial charge in [0.25, 0.3) is 5.69 Å². The van der Waals surface area contributed by atoms with E-state index in [4.69, 9.17) is 10.6 Å². The van der Waals surface area contributed by atoms with E-state index in [9.17, 15) is 10.1 Å². The molecule has 1 unspecified atom stereocenters. The van der Waals surface area contributed by atoms with Crippen molar-refractivity contribution in [2.24, 2.45) is 5.84 Å². The number of nitrogens with two attached hydrogens (primary N) is 1. The van der Waals surface area contributed by atoms with Crippen molar-refractivity contribution in [1.82, 2.24) is 9.88 Å². The zero-order valence-electron chi connectivity index (χ0n) is 11.4. The molecule has 1 saturated heterocycles. The lowest BCUT2D eigenvalue weighted by atomic mass is 10.0. The standard InChI is InChI=1S/C12H19N5O3/c1-16-5-3-2-4-9(16)8-20-12-7-10(17(18)19)6-11(14-12)15-13/h6-7,9H,2-5,8,13H2,1H3,(H,14,15). The van der Waals surface area contributed by atoms with Gasteiger partial charge in [0.05, 0.1) is 17.1 Å². The number of pyridine rings is 1. The number of nitrogens with one attached hydrogen (secondary N) is 1. The Morgan fingerprint density at radius 1 is 1.60 bits per heavy atom. The van der Waals surface area contributed by atoms with Gasteiger partial charge in [0.2, 0.25) is 5.88 Å². The third-order valence-corrected chi connectivity index (χ3v) is 3.49. The first kappa shape index (κ1) is 14.5. The van der Waals surface area contributed by atoms with E-state index < -0.39 is 4.92 Å². The summed E-state index contributed by atoms with van der Waals surface area (Å²) < 4.78 is 5.60. The van der Waals surface area contributed by atoms with Crippen LogP contribution >= 0.6 is 0 Å². The normalized spacial score (nSPS) is 19.6. The number of piperidine rings is 1. The van der Waals surface area contributed by atoms with Gasteiger partial charge in [-0.1, -0.05) is 6.42 Å². The molecule has 1 aromatic heterocycles. The van der Waals surface area contributed by atoms with Crippen LogP contribution in [0.5, 0.6) is 5.88 Å². The van der Waals surface area contributed by atoms with Crippen LogP contribution < -0.4 is 16.0 Å². The Balaban J connectivity index is 2.04. The first-order valence-electron chi connectivity index (χ1n) is 6.56. The van der Waals surface area contributed by atoms with Crippen LogP contribution in [0.2, 0.25) is 0 Å². The van der Waals surface area contributed by atoms with Gasteiger partial charge in [-0.05, 0) is 26.4 Å². The number of anilines is 1. The molecule has 1 aromatic rings. The fraction of sp³-hybridized carbons (Fsp3) is 0.583. The summed E-state index contributed by atoms with van der Waals surface area (Å²) in [6.45, 7) is 1.51. The number of likely N-dealkylation sites (tertiary alicyclic amines) is 1. The molecule has 0 amide bonds. The molecule has 1 aliphatic heterocycles. The second kappa shape index (κ2) is 6.49. The van der Waals surface area contributed by atoms with Gasteiger partial charge in [-0.3, -0.25) is 10.1 Å². The summed E-state index contributed by atoms with van der Waals surface area (Å²) in [4.78, 5) is 16.6. The van der Waals surface area contributed by atoms with Gasteiger partial charge in [-0.2, -0.15) is 4.98 Å². The summed E-state index contributed by atoms with van der Waals surface area (Å²) in [5.74, 6) is 5.68. The molecular formula is C12H19N5O3. The number of rotatable bonds is 5. The van der Waals surface area contributed by atoms with E-state index in [1.54, 1.807) is 0 Å². The van der Waals surface area contributed by atoms with Crippen molar-refractivity contribution in [2.75, 3.05) is 25.6 Å². The van der Waals surface area contributed by atoms with Gasteiger partial charge in [0, 0.05) is 6.04 Å². The number of hydrogen-bond acceptors (Lipinski definition) is 7. The maximum absolute atomic E-state index is 10.8. The Labute approximate surface area is 117 Å². The highest BCUT2D eigenvalue weighted by Gasteiger charge is 2.20. The summed E-state index contributed by atoms with van der Waals surface area (Å²) in [6, 6.07) is 2.89. The van der Waals surface area contributed by atoms with Crippen molar-refractivity contribution in [3.8, 4) is 5.88 Å². The second-order valence-electron chi connectivity index (χ2n) is 4.89. The van der Waals surface area contributed by atoms with Crippen LogP contribution in [0.15, 0.2) is 12.1 Å². The molecule has 110 valence electrons. The molecule has 0 aliphatic carbocycles. The molecule has 0 spiro atoms. The average molecular weight is 281 g/mol. The van der Waals surface area contributed by atoms with Crippen molar-refractivity contribution >= 4 is 11.5 Å². The van der Waals surface area contributed by atoms with E-state index in [1.165, 1.54) is 25.0 Å². The fourth-order valence-corrected chi connectivity index (χ4v) is 2.28. The lowest BCUT2D eigenvalue weighted by Crippen LogP contribution is -2.40. The van der Waals surface area contributed by atoms with E-state index in [1.807, 2.05) is 0 Å². The maximum atomic E-state index is 10.8. The quantitative estimate of drug-likeness (QED) is 0.473. The van der Waals surface area contributed by atoms with Crippen LogP contribution in [-0.2, 0) is 0 Å². The first-order valence-corrected chi connectivity index (χ1v) is 6.56. The minimum Gasteiger partial charge on any atom is -0.476 e. The van der Waals surface area contributed by atoms with Gasteiger partial charge in [-0.15, -0.1) is 0 Å². The molecule has 1 fully saturated rings. The highest BCUT2D eigenvalue weighted by atomic mass is 16.6. The number of hydrazine groups is 1. The first-order chi connectivity index (χ1) is 9.60. The highest BCUT2D eigenvalue weighted by molar-refractivity contribution is 5.47. The van der Waals surface area contributed by atoms with Crippen LogP contribution in [0, 0.1) is 10.1 Å². The lowest BCUT2D eigenvalue weighted by molar-refractivity contribution is -0.384. The van der Waals surface area contributed by atoms with Crippen molar-refractivity contribution in [2.45, 2.75) is 25.3 Å². The summed E-state index contributed by atoms with van der Waals surface area (Å²) in [6.07, 6.45) is 3.44. The highest BCUT2D eigenvalue weighted by Crippen LogP contribution is 2.23. The van der Waals surface area contributed by atoms with Crippen LogP contribution in [0.25, 0.3) is 0 Å². The topological polar surface area (TPSA) is 107 Å². The number of ether oxygens (including phenoxy) is 1. The third kappa shape index (κ3) is 3.55. The third-order valence-electron chi connectivity index (χ3n) is 3.49. The molecule has 3 N–H and O–H groups in total. The maximum Gasteiger partial charge on any atom is 0.278 e. The minimum atomic E-state index is -0.498. The molecule has 0 aromatic carbocycles. The zero-order chi connectivity index (χ0) is 14.5. The molecule has 2 rings (SSSR count). The van der Waals surface area contributed by atoms with Gasteiger partial charge in [0.1, 0.15) is 6.61 Å². The van der Waals surface area contributed by atoms with Gasteiger partial charge in [-0.25, -0.2) is 5.84 Å². The fourth-order valence-electron chi connectivity index (χ4n) is 2.28. The van der Waals surface area contributed by atoms with Crippen molar-refractivity contribution in [1.29, 1.82) is 0 Å². The van der Waals surface area contributed by atoms with Gasteiger partial charge < -0.3 is 15.1 Å². The molecule has 8 heteroatoms. The number of nitro groups is 1. The monoisotopic (exact) mass is 281 g/mol. The van der Waals surface area contributed by atoms with Crippen LogP contribution in [0.1, 0.15) is 19.3 Å². The SMILES string of the molecule is CN1CCCCC1COc1cc([N+](=O)[O-])cc(NN)n1. The van der Waals surface area contributed by atoms with E-state index in [-0.39, 0.29) is 17.4 Å². The Morgan fingerprint density at radius 3 is 3.05 bits per heavy atom. The number of nitrogens with zero attached hydrogens (tertiary/aromatic N) is 3. The van der Waals surface area contributed by atoms with Crippen LogP contribution in [0.4, 0.5) is 11.5 Å². The van der Waals surface area contributed by atoms with Crippen LogP contribution in [0.3, 0.4) is 0 Å². The van der Waals surface area contributed by atoms with Crippen molar-refractivity contribution in [3.05, 3.63) is 22.2 Å². The molecule has 20 heavy (non-hydrogen) atoms. The summed E-state index contributed by atoms with van der Waals surface area (Å²) in [5.41, 5.74) is 2.21. The molecule has 0 bridgehead atoms. The molecule has 0 saturated carbocycles. The van der Waals surface area contributed by atoms with E-state index >= 15 is 0 Å². The summed E-state index contributed by atoms with van der Waals surface area (Å²) >= 11 is 0. The lowest BCUT2D eigenvalue weighted by Gasteiger charge is -2.31. The number of aromatic nitrogens is 1. The van der Waals surface area contributed by atoms with Gasteiger partial charge in [0.15, 0.2) is 5.82 Å². The number of nitrogen functional groups attached to an aromatic ring is 1. The molecule has 8 nitrogen and oxygen atoms in total. The van der Waals surface area contributed by atoms with Crippen LogP contribution in [-0.4, -0.2) is 41.0 Å². The zero-order valence-corrected chi connectivity index (χ0v) is 11.4. The molecule has 1 atom stereocenters. The predicted octanol–water partition coefficient (Wildman–Crippen LogP) is 1.14. The van der Waals surface area contributed by atoms with Crippen molar-refractivity contribution < 1.29 is 9.66 Å². The Hall–Kier alpha value is -1.93. The second-order valence-corrected chi connectivity index (χ2v) is 4.89. The van der Waals surface area contributed by atoms with E-state index in [0.717, 1.165) is 13.0 Å². The predicted molar refractivity (Wildman–Crippen MR) is 74.5 cm³/mol. The Bertz CT molecular complexity index is 482. The molecular weight excluding hydrogens is 262 g/mol.